The lowest BCUT2D eigenvalue weighted by atomic mass is 10.2. The molecule has 0 aliphatic rings. The monoisotopic (exact) mass is 282 g/mol. The van der Waals surface area contributed by atoms with Crippen LogP contribution in [0.5, 0.6) is 0 Å². The maximum absolute atomic E-state index is 12.0. The minimum Gasteiger partial charge on any atom is -0.472 e. The molecule has 0 spiro atoms. The molecule has 0 radical (unpaired) electrons. The number of carbonyl (C=O) groups is 1. The lowest BCUT2D eigenvalue weighted by Crippen LogP contribution is -2.40. The Kier molecular flexibility index (Phi) is 6.07. The fourth-order valence-corrected chi connectivity index (χ4v) is 1.76. The molecule has 1 unspecified atom stereocenters. The summed E-state index contributed by atoms with van der Waals surface area (Å²) in [5.41, 5.74) is 0.646. The summed E-state index contributed by atoms with van der Waals surface area (Å²) in [6.07, 6.45) is 3.12. The van der Waals surface area contributed by atoms with Crippen molar-refractivity contribution in [2.75, 3.05) is 19.6 Å². The fraction of sp³-hybridized carbons (Fsp3) is 0.667. The zero-order valence-electron chi connectivity index (χ0n) is 13.1. The Morgan fingerprint density at radius 1 is 1.50 bits per heavy atom. The molecule has 5 heteroatoms. The topological polar surface area (TPSA) is 54.7 Å². The molecule has 0 aliphatic heterocycles. The number of rotatable bonds is 6. The quantitative estimate of drug-likeness (QED) is 0.870. The van der Waals surface area contributed by atoms with Gasteiger partial charge in [0.25, 0.3) is 0 Å². The predicted molar refractivity (Wildman–Crippen MR) is 78.6 cm³/mol. The third-order valence-electron chi connectivity index (χ3n) is 2.91. The maximum Gasteiger partial charge on any atom is 0.410 e. The molecule has 0 fully saturated rings. The summed E-state index contributed by atoms with van der Waals surface area (Å²) < 4.78 is 10.4. The Balaban J connectivity index is 2.36. The first kappa shape index (κ1) is 16.6. The van der Waals surface area contributed by atoms with E-state index in [2.05, 4.69) is 12.2 Å². The van der Waals surface area contributed by atoms with E-state index in [4.69, 9.17) is 9.15 Å². The van der Waals surface area contributed by atoms with E-state index in [1.54, 1.807) is 17.4 Å². The van der Waals surface area contributed by atoms with Gasteiger partial charge in [-0.15, -0.1) is 0 Å². The number of amides is 1. The largest absolute Gasteiger partial charge is 0.472 e. The van der Waals surface area contributed by atoms with Crippen LogP contribution in [0.4, 0.5) is 4.79 Å². The summed E-state index contributed by atoms with van der Waals surface area (Å²) in [5, 5.41) is 3.36. The second-order valence-electron chi connectivity index (χ2n) is 5.79. The molecular formula is C15H26N2O3. The lowest BCUT2D eigenvalue weighted by molar-refractivity contribution is 0.0261. The molecule has 0 aromatic carbocycles. The second kappa shape index (κ2) is 7.33. The van der Waals surface area contributed by atoms with Crippen molar-refractivity contribution in [3.05, 3.63) is 24.2 Å². The highest BCUT2D eigenvalue weighted by Gasteiger charge is 2.20. The Morgan fingerprint density at radius 3 is 2.70 bits per heavy atom. The van der Waals surface area contributed by atoms with Crippen LogP contribution >= 0.6 is 0 Å². The molecule has 1 aromatic heterocycles. The number of hydrogen-bond donors (Lipinski definition) is 1. The Hall–Kier alpha value is -1.49. The van der Waals surface area contributed by atoms with Crippen LogP contribution in [0.25, 0.3) is 0 Å². The van der Waals surface area contributed by atoms with Crippen LogP contribution in [0.1, 0.15) is 46.2 Å². The van der Waals surface area contributed by atoms with Crippen molar-refractivity contribution >= 4 is 6.09 Å². The standard InChI is InChI=1S/C15H26N2O3/c1-6-17(14(18)20-15(3,4)5)9-8-16-12(2)13-7-10-19-11-13/h7,10-12,16H,6,8-9H2,1-5H3. The summed E-state index contributed by atoms with van der Waals surface area (Å²) >= 11 is 0. The summed E-state index contributed by atoms with van der Waals surface area (Å²) in [6.45, 7) is 11.6. The third kappa shape index (κ3) is 5.65. The minimum atomic E-state index is -0.456. The number of hydrogen-bond acceptors (Lipinski definition) is 4. The van der Waals surface area contributed by atoms with Gasteiger partial charge in [-0.05, 0) is 40.7 Å². The van der Waals surface area contributed by atoms with Gasteiger partial charge in [0.05, 0.1) is 12.5 Å². The van der Waals surface area contributed by atoms with Crippen LogP contribution in [-0.4, -0.2) is 36.2 Å². The van der Waals surface area contributed by atoms with Crippen LogP contribution in [0.3, 0.4) is 0 Å². The highest BCUT2D eigenvalue weighted by molar-refractivity contribution is 5.68. The van der Waals surface area contributed by atoms with Gasteiger partial charge < -0.3 is 19.4 Å². The fourth-order valence-electron chi connectivity index (χ4n) is 1.76. The molecule has 0 saturated heterocycles. The van der Waals surface area contributed by atoms with Crippen LogP contribution in [-0.2, 0) is 4.74 Å². The molecule has 5 nitrogen and oxygen atoms in total. The van der Waals surface area contributed by atoms with Crippen molar-refractivity contribution in [3.63, 3.8) is 0 Å². The maximum atomic E-state index is 12.0. The third-order valence-corrected chi connectivity index (χ3v) is 2.91. The van der Waals surface area contributed by atoms with Gasteiger partial charge in [0.15, 0.2) is 0 Å². The summed E-state index contributed by atoms with van der Waals surface area (Å²) in [6, 6.07) is 2.13. The van der Waals surface area contributed by atoms with E-state index in [-0.39, 0.29) is 12.1 Å². The van der Waals surface area contributed by atoms with Gasteiger partial charge >= 0.3 is 6.09 Å². The molecule has 1 atom stereocenters. The number of nitrogens with one attached hydrogen (secondary N) is 1. The van der Waals surface area contributed by atoms with E-state index >= 15 is 0 Å². The van der Waals surface area contributed by atoms with Crippen molar-refractivity contribution in [1.82, 2.24) is 10.2 Å². The van der Waals surface area contributed by atoms with E-state index in [9.17, 15) is 4.79 Å². The highest BCUT2D eigenvalue weighted by atomic mass is 16.6. The van der Waals surface area contributed by atoms with Gasteiger partial charge in [-0.1, -0.05) is 0 Å². The Morgan fingerprint density at radius 2 is 2.20 bits per heavy atom. The molecule has 0 aliphatic carbocycles. The smallest absolute Gasteiger partial charge is 0.410 e. The number of likely N-dealkylation sites (N-methyl/N-ethyl adjacent to an activating group) is 1. The van der Waals surface area contributed by atoms with Crippen LogP contribution in [0.15, 0.2) is 23.0 Å². The number of ether oxygens (including phenoxy) is 1. The van der Waals surface area contributed by atoms with Gasteiger partial charge in [0, 0.05) is 31.2 Å². The van der Waals surface area contributed by atoms with Crippen molar-refractivity contribution in [2.24, 2.45) is 0 Å². The van der Waals surface area contributed by atoms with E-state index < -0.39 is 5.60 Å². The molecule has 20 heavy (non-hydrogen) atoms. The molecule has 1 rings (SSSR count). The Bertz CT molecular complexity index is 396. The van der Waals surface area contributed by atoms with Crippen molar-refractivity contribution < 1.29 is 13.9 Å². The number of nitrogens with zero attached hydrogens (tertiary/aromatic N) is 1. The normalized spacial score (nSPS) is 13.1. The van der Waals surface area contributed by atoms with Crippen molar-refractivity contribution in [1.29, 1.82) is 0 Å². The number of carbonyl (C=O) groups excluding carboxylic acids is 1. The average Bonchev–Trinajstić information content (AvgIpc) is 2.85. The minimum absolute atomic E-state index is 0.200. The SMILES string of the molecule is CCN(CCNC(C)c1ccoc1)C(=O)OC(C)(C)C. The first-order chi connectivity index (χ1) is 9.33. The number of furan rings is 1. The van der Waals surface area contributed by atoms with Crippen LogP contribution in [0, 0.1) is 0 Å². The predicted octanol–water partition coefficient (Wildman–Crippen LogP) is 3.19. The van der Waals surface area contributed by atoms with Gasteiger partial charge in [-0.25, -0.2) is 4.79 Å². The van der Waals surface area contributed by atoms with Gasteiger partial charge in [-0.2, -0.15) is 0 Å². The lowest BCUT2D eigenvalue weighted by Gasteiger charge is -2.27. The second-order valence-corrected chi connectivity index (χ2v) is 5.79. The molecular weight excluding hydrogens is 256 g/mol. The van der Waals surface area contributed by atoms with Crippen molar-refractivity contribution in [3.8, 4) is 0 Å². The summed E-state index contributed by atoms with van der Waals surface area (Å²) in [5.74, 6) is 0. The molecule has 1 N–H and O–H groups in total. The summed E-state index contributed by atoms with van der Waals surface area (Å²) in [4.78, 5) is 13.6. The first-order valence-electron chi connectivity index (χ1n) is 7.07. The molecule has 1 aromatic rings. The zero-order chi connectivity index (χ0) is 15.2. The molecule has 114 valence electrons. The molecule has 0 bridgehead atoms. The van der Waals surface area contributed by atoms with E-state index in [1.807, 2.05) is 33.8 Å². The van der Waals surface area contributed by atoms with Gasteiger partial charge in [0.2, 0.25) is 0 Å². The van der Waals surface area contributed by atoms with Crippen molar-refractivity contribution in [2.45, 2.75) is 46.3 Å². The molecule has 1 heterocycles. The van der Waals surface area contributed by atoms with E-state index in [1.165, 1.54) is 0 Å². The Labute approximate surface area is 121 Å². The van der Waals surface area contributed by atoms with E-state index in [0.29, 0.717) is 19.6 Å². The van der Waals surface area contributed by atoms with Crippen LogP contribution < -0.4 is 5.32 Å². The molecule has 1 amide bonds. The first-order valence-corrected chi connectivity index (χ1v) is 7.07. The highest BCUT2D eigenvalue weighted by Crippen LogP contribution is 2.12. The van der Waals surface area contributed by atoms with Crippen LogP contribution in [0.2, 0.25) is 0 Å². The van der Waals surface area contributed by atoms with E-state index in [0.717, 1.165) is 5.56 Å². The molecule has 0 saturated carbocycles. The summed E-state index contributed by atoms with van der Waals surface area (Å²) in [7, 11) is 0. The average molecular weight is 282 g/mol. The van der Waals surface area contributed by atoms with Gasteiger partial charge in [-0.3, -0.25) is 0 Å². The van der Waals surface area contributed by atoms with Gasteiger partial charge in [0.1, 0.15) is 5.60 Å². The zero-order valence-corrected chi connectivity index (χ0v) is 13.1.